The molecule has 0 heterocycles. The molecule has 0 bridgehead atoms. The van der Waals surface area contributed by atoms with Gasteiger partial charge in [-0.05, 0) is 12.5 Å². The molecule has 0 aliphatic heterocycles. The molecule has 0 saturated carbocycles. The highest BCUT2D eigenvalue weighted by molar-refractivity contribution is 5.83. The van der Waals surface area contributed by atoms with Crippen molar-refractivity contribution in [3.05, 3.63) is 46.0 Å². The van der Waals surface area contributed by atoms with Gasteiger partial charge in [-0.2, -0.15) is 0 Å². The van der Waals surface area contributed by atoms with E-state index in [1.54, 1.807) is 0 Å². The summed E-state index contributed by atoms with van der Waals surface area (Å²) in [5.41, 5.74) is 0.854. The zero-order chi connectivity index (χ0) is 11.3. The summed E-state index contributed by atoms with van der Waals surface area (Å²) in [6.45, 7) is 1.30. The summed E-state index contributed by atoms with van der Waals surface area (Å²) < 4.78 is 0. The van der Waals surface area contributed by atoms with Crippen LogP contribution < -0.4 is 0 Å². The van der Waals surface area contributed by atoms with Gasteiger partial charge in [-0.1, -0.05) is 30.3 Å². The van der Waals surface area contributed by atoms with Crippen LogP contribution in [0, 0.1) is 10.1 Å². The third kappa shape index (κ3) is 3.50. The number of Topliss-reactive ketones (excluding diaryl/α,β-unsaturated/α-hetero) is 1. The van der Waals surface area contributed by atoms with E-state index >= 15 is 0 Å². The zero-order valence-electron chi connectivity index (χ0n) is 8.55. The molecule has 1 aromatic carbocycles. The van der Waals surface area contributed by atoms with Crippen LogP contribution in [0.3, 0.4) is 0 Å². The van der Waals surface area contributed by atoms with Gasteiger partial charge < -0.3 is 0 Å². The van der Waals surface area contributed by atoms with Crippen molar-refractivity contribution in [1.82, 2.24) is 0 Å². The van der Waals surface area contributed by atoms with Crippen LogP contribution in [0.5, 0.6) is 0 Å². The maximum Gasteiger partial charge on any atom is 0.204 e. The summed E-state index contributed by atoms with van der Waals surface area (Å²) in [6.07, 6.45) is 0.270. The van der Waals surface area contributed by atoms with E-state index < -0.39 is 4.92 Å². The minimum Gasteiger partial charge on any atom is -0.299 e. The lowest BCUT2D eigenvalue weighted by atomic mass is 9.92. The minimum atomic E-state index is -0.390. The molecule has 1 aromatic rings. The first-order valence-corrected chi connectivity index (χ1v) is 4.78. The minimum absolute atomic E-state index is 0.0250. The molecule has 80 valence electrons. The Morgan fingerprint density at radius 2 is 2.00 bits per heavy atom. The first-order chi connectivity index (χ1) is 7.11. The van der Waals surface area contributed by atoms with Gasteiger partial charge in [0.1, 0.15) is 5.78 Å². The second-order valence-corrected chi connectivity index (χ2v) is 3.42. The van der Waals surface area contributed by atoms with Crippen molar-refractivity contribution in [2.45, 2.75) is 19.3 Å². The SMILES string of the molecule is CC(=O)[C@@H](CC[N+](=O)[O-])c1ccccc1. The Labute approximate surface area is 88.1 Å². The van der Waals surface area contributed by atoms with Crippen molar-refractivity contribution in [3.63, 3.8) is 0 Å². The van der Waals surface area contributed by atoms with Gasteiger partial charge in [0.25, 0.3) is 0 Å². The van der Waals surface area contributed by atoms with E-state index in [0.717, 1.165) is 5.56 Å². The fourth-order valence-corrected chi connectivity index (χ4v) is 1.52. The van der Waals surface area contributed by atoms with E-state index in [1.165, 1.54) is 6.92 Å². The fraction of sp³-hybridized carbons (Fsp3) is 0.364. The average molecular weight is 207 g/mol. The van der Waals surface area contributed by atoms with E-state index in [2.05, 4.69) is 0 Å². The molecule has 0 saturated heterocycles. The summed E-state index contributed by atoms with van der Waals surface area (Å²) in [5.74, 6) is -0.375. The van der Waals surface area contributed by atoms with E-state index in [0.29, 0.717) is 0 Å². The van der Waals surface area contributed by atoms with Crippen LogP contribution in [0.4, 0.5) is 0 Å². The molecule has 0 unspecified atom stereocenters. The first kappa shape index (κ1) is 11.4. The van der Waals surface area contributed by atoms with Crippen LogP contribution >= 0.6 is 0 Å². The quantitative estimate of drug-likeness (QED) is 0.548. The largest absolute Gasteiger partial charge is 0.299 e. The summed E-state index contributed by atoms with van der Waals surface area (Å²) >= 11 is 0. The van der Waals surface area contributed by atoms with Crippen molar-refractivity contribution in [2.75, 3.05) is 6.54 Å². The Morgan fingerprint density at radius 1 is 1.40 bits per heavy atom. The monoisotopic (exact) mass is 207 g/mol. The third-order valence-electron chi connectivity index (χ3n) is 2.29. The molecule has 0 aromatic heterocycles. The number of carbonyl (C=O) groups is 1. The Morgan fingerprint density at radius 3 is 2.47 bits per heavy atom. The van der Waals surface area contributed by atoms with Crippen molar-refractivity contribution < 1.29 is 9.72 Å². The molecule has 1 atom stereocenters. The highest BCUT2D eigenvalue weighted by Gasteiger charge is 2.18. The van der Waals surface area contributed by atoms with Crippen LogP contribution in [0.15, 0.2) is 30.3 Å². The standard InChI is InChI=1S/C11H13NO3/c1-9(13)11(7-8-12(14)15)10-5-3-2-4-6-10/h2-6,11H,7-8H2,1H3/t11-/m1/s1. The number of hydrogen-bond donors (Lipinski definition) is 0. The van der Waals surface area contributed by atoms with Gasteiger partial charge in [0.15, 0.2) is 0 Å². The number of nitrogens with zero attached hydrogens (tertiary/aromatic N) is 1. The van der Waals surface area contributed by atoms with Gasteiger partial charge in [-0.25, -0.2) is 0 Å². The Balaban J connectivity index is 2.75. The van der Waals surface area contributed by atoms with Gasteiger partial charge in [0, 0.05) is 17.3 Å². The molecule has 0 radical (unpaired) electrons. The van der Waals surface area contributed by atoms with Crippen LogP contribution in [-0.2, 0) is 4.79 Å². The van der Waals surface area contributed by atoms with Gasteiger partial charge in [0.05, 0.1) is 0 Å². The fourth-order valence-electron chi connectivity index (χ4n) is 1.52. The molecule has 0 aliphatic carbocycles. The molecule has 1 rings (SSSR count). The molecular weight excluding hydrogens is 194 g/mol. The molecule has 15 heavy (non-hydrogen) atoms. The zero-order valence-corrected chi connectivity index (χ0v) is 8.55. The van der Waals surface area contributed by atoms with Crippen LogP contribution in [0.1, 0.15) is 24.8 Å². The summed E-state index contributed by atoms with van der Waals surface area (Å²) in [7, 11) is 0. The van der Waals surface area contributed by atoms with Gasteiger partial charge in [-0.3, -0.25) is 14.9 Å². The maximum absolute atomic E-state index is 11.3. The Hall–Kier alpha value is -1.71. The summed E-state index contributed by atoms with van der Waals surface area (Å²) in [6, 6.07) is 9.17. The number of nitro groups is 1. The predicted octanol–water partition coefficient (Wildman–Crippen LogP) is 2.03. The first-order valence-electron chi connectivity index (χ1n) is 4.78. The molecule has 0 N–H and O–H groups in total. The maximum atomic E-state index is 11.3. The molecular formula is C11H13NO3. The number of carbonyl (C=O) groups excluding carboxylic acids is 1. The molecule has 0 fully saturated rings. The Bertz CT molecular complexity index is 348. The second kappa shape index (κ2) is 5.24. The van der Waals surface area contributed by atoms with E-state index in [4.69, 9.17) is 0 Å². The van der Waals surface area contributed by atoms with E-state index in [9.17, 15) is 14.9 Å². The predicted molar refractivity (Wildman–Crippen MR) is 56.3 cm³/mol. The Kier molecular flexibility index (Phi) is 3.97. The average Bonchev–Trinajstić information content (AvgIpc) is 2.18. The lowest BCUT2D eigenvalue weighted by molar-refractivity contribution is -0.480. The molecule has 0 spiro atoms. The number of benzene rings is 1. The van der Waals surface area contributed by atoms with E-state index in [1.807, 2.05) is 30.3 Å². The lowest BCUT2D eigenvalue weighted by Crippen LogP contribution is -2.14. The van der Waals surface area contributed by atoms with Gasteiger partial charge in [-0.15, -0.1) is 0 Å². The van der Waals surface area contributed by atoms with Crippen molar-refractivity contribution >= 4 is 5.78 Å². The van der Waals surface area contributed by atoms with Crippen LogP contribution in [0.25, 0.3) is 0 Å². The summed E-state index contributed by atoms with van der Waals surface area (Å²) in [5, 5.41) is 10.3. The third-order valence-corrected chi connectivity index (χ3v) is 2.29. The smallest absolute Gasteiger partial charge is 0.204 e. The second-order valence-electron chi connectivity index (χ2n) is 3.42. The molecule has 4 nitrogen and oxygen atoms in total. The lowest BCUT2D eigenvalue weighted by Gasteiger charge is -2.11. The van der Waals surface area contributed by atoms with Crippen molar-refractivity contribution in [1.29, 1.82) is 0 Å². The highest BCUT2D eigenvalue weighted by atomic mass is 16.6. The van der Waals surface area contributed by atoms with Crippen LogP contribution in [0.2, 0.25) is 0 Å². The normalized spacial score (nSPS) is 12.1. The summed E-state index contributed by atoms with van der Waals surface area (Å²) in [4.78, 5) is 21.2. The highest BCUT2D eigenvalue weighted by Crippen LogP contribution is 2.20. The molecule has 0 amide bonds. The van der Waals surface area contributed by atoms with Crippen molar-refractivity contribution in [2.24, 2.45) is 0 Å². The molecule has 4 heteroatoms. The number of ketones is 1. The van der Waals surface area contributed by atoms with Gasteiger partial charge >= 0.3 is 0 Å². The number of hydrogen-bond acceptors (Lipinski definition) is 3. The van der Waals surface area contributed by atoms with E-state index in [-0.39, 0.29) is 24.7 Å². The van der Waals surface area contributed by atoms with Crippen LogP contribution in [-0.4, -0.2) is 17.3 Å². The molecule has 0 aliphatic rings. The van der Waals surface area contributed by atoms with Gasteiger partial charge in [0.2, 0.25) is 6.54 Å². The topological polar surface area (TPSA) is 60.2 Å². The van der Waals surface area contributed by atoms with Crippen molar-refractivity contribution in [3.8, 4) is 0 Å². The number of rotatable bonds is 5.